The maximum Gasteiger partial charge on any atom is 0.248 e. The number of nitrogens with two attached hydrogens (primary N) is 1. The number of hydrazone groups is 1. The average molecular weight is 427 g/mol. The molecule has 1 aromatic rings. The Hall–Kier alpha value is -3.34. The standard InChI is InChI=1S/C19H21N7O3S/c1-10-12(18(27)25-24-10)6-7-26-9-21-16(20)15-17(26)23-19(22-15)30-14-8-11(28-2)4-5-13(14)29-3/h4-5,8-9,12H,6-7,20H2,1-3H3,(H,25,27). The predicted octanol–water partition coefficient (Wildman–Crippen LogP) is 2.04. The number of benzene rings is 1. The molecule has 1 aromatic carbocycles. The molecule has 3 N–H and O–H groups in total. The highest BCUT2D eigenvalue weighted by Gasteiger charge is 2.27. The third-order valence-electron chi connectivity index (χ3n) is 4.87. The van der Waals surface area contributed by atoms with E-state index >= 15 is 0 Å². The molecule has 0 aromatic heterocycles. The minimum atomic E-state index is -0.261. The van der Waals surface area contributed by atoms with Gasteiger partial charge in [-0.2, -0.15) is 5.10 Å². The van der Waals surface area contributed by atoms with Crippen molar-refractivity contribution >= 4 is 29.2 Å². The van der Waals surface area contributed by atoms with Crippen molar-refractivity contribution in [3.8, 4) is 23.0 Å². The number of carbonyl (C=O) groups excluding carboxylic acids is 1. The summed E-state index contributed by atoms with van der Waals surface area (Å²) in [6.45, 7) is 2.36. The van der Waals surface area contributed by atoms with Gasteiger partial charge in [-0.15, -0.1) is 0 Å². The van der Waals surface area contributed by atoms with Crippen LogP contribution < -0.4 is 20.6 Å². The van der Waals surface area contributed by atoms with Crippen LogP contribution in [-0.2, 0) is 11.3 Å². The number of aryl methyl sites for hydroxylation is 1. The number of hydrogen-bond acceptors (Lipinski definition) is 9. The summed E-state index contributed by atoms with van der Waals surface area (Å²) >= 11 is 1.35. The number of amides is 1. The van der Waals surface area contributed by atoms with Gasteiger partial charge in [0.15, 0.2) is 22.5 Å². The van der Waals surface area contributed by atoms with Crippen LogP contribution in [0.25, 0.3) is 11.5 Å². The number of methoxy groups -OCH3 is 2. The Labute approximate surface area is 177 Å². The monoisotopic (exact) mass is 427 g/mol. The molecule has 0 fully saturated rings. The number of aromatic nitrogens is 4. The van der Waals surface area contributed by atoms with Crippen LogP contribution >= 0.6 is 11.8 Å². The normalized spacial score (nSPS) is 15.9. The second-order valence-corrected chi connectivity index (χ2v) is 7.70. The molecule has 0 spiro atoms. The van der Waals surface area contributed by atoms with Crippen LogP contribution in [0.5, 0.6) is 11.5 Å². The van der Waals surface area contributed by atoms with E-state index in [4.69, 9.17) is 15.2 Å². The summed E-state index contributed by atoms with van der Waals surface area (Å²) in [5.74, 6) is 1.95. The molecule has 1 amide bonds. The Morgan fingerprint density at radius 1 is 1.27 bits per heavy atom. The number of carbonyl (C=O) groups is 1. The van der Waals surface area contributed by atoms with Crippen LogP contribution in [0, 0.1) is 5.92 Å². The fourth-order valence-electron chi connectivity index (χ4n) is 3.20. The van der Waals surface area contributed by atoms with E-state index in [9.17, 15) is 4.79 Å². The molecule has 0 saturated heterocycles. The quantitative estimate of drug-likeness (QED) is 0.586. The average Bonchev–Trinajstić information content (AvgIpc) is 3.31. The maximum absolute atomic E-state index is 11.9. The topological polar surface area (TPSA) is 130 Å². The Bertz CT molecular complexity index is 1100. The first-order chi connectivity index (χ1) is 14.5. The summed E-state index contributed by atoms with van der Waals surface area (Å²) in [6.07, 6.45) is 2.19. The van der Waals surface area contributed by atoms with E-state index in [1.165, 1.54) is 11.8 Å². The van der Waals surface area contributed by atoms with Crippen molar-refractivity contribution in [2.75, 3.05) is 20.0 Å². The number of hydrogen-bond donors (Lipinski definition) is 2. The smallest absolute Gasteiger partial charge is 0.248 e. The number of nitrogens with one attached hydrogen (secondary N) is 1. The molecule has 0 radical (unpaired) electrons. The van der Waals surface area contributed by atoms with Gasteiger partial charge in [0.1, 0.15) is 11.5 Å². The van der Waals surface area contributed by atoms with Crippen LogP contribution in [0.15, 0.2) is 39.7 Å². The lowest BCUT2D eigenvalue weighted by Crippen LogP contribution is -2.24. The second kappa shape index (κ2) is 8.19. The molecule has 0 saturated carbocycles. The largest absolute Gasteiger partial charge is 0.497 e. The van der Waals surface area contributed by atoms with Crippen LogP contribution in [0.1, 0.15) is 13.3 Å². The molecule has 30 heavy (non-hydrogen) atoms. The van der Waals surface area contributed by atoms with Crippen molar-refractivity contribution in [3.05, 3.63) is 24.5 Å². The number of nitrogens with zero attached hydrogens (tertiary/aromatic N) is 5. The van der Waals surface area contributed by atoms with Crippen LogP contribution in [0.2, 0.25) is 0 Å². The lowest BCUT2D eigenvalue weighted by molar-refractivity contribution is -0.122. The van der Waals surface area contributed by atoms with E-state index in [1.807, 2.05) is 29.7 Å². The van der Waals surface area contributed by atoms with Crippen molar-refractivity contribution < 1.29 is 14.3 Å². The van der Waals surface area contributed by atoms with Gasteiger partial charge < -0.3 is 19.8 Å². The molecule has 10 nitrogen and oxygen atoms in total. The van der Waals surface area contributed by atoms with Gasteiger partial charge in [0.25, 0.3) is 0 Å². The fourth-order valence-corrected chi connectivity index (χ4v) is 4.10. The van der Waals surface area contributed by atoms with Gasteiger partial charge in [-0.3, -0.25) is 4.79 Å². The minimum Gasteiger partial charge on any atom is -0.497 e. The number of anilines is 1. The molecular weight excluding hydrogens is 406 g/mol. The molecule has 11 heteroatoms. The molecule has 0 aliphatic carbocycles. The molecule has 1 atom stereocenters. The highest BCUT2D eigenvalue weighted by Crippen LogP contribution is 2.38. The fraction of sp³-hybridized carbons (Fsp3) is 0.316. The first kappa shape index (κ1) is 20.0. The predicted molar refractivity (Wildman–Crippen MR) is 112 cm³/mol. The molecule has 3 aliphatic rings. The maximum atomic E-state index is 11.9. The number of fused-ring (bicyclic) bond motifs is 1. The van der Waals surface area contributed by atoms with E-state index in [0.29, 0.717) is 47.0 Å². The van der Waals surface area contributed by atoms with E-state index in [0.717, 1.165) is 10.6 Å². The van der Waals surface area contributed by atoms with Gasteiger partial charge in [-0.25, -0.2) is 20.4 Å². The Balaban J connectivity index is 1.61. The lowest BCUT2D eigenvalue weighted by Gasteiger charge is -2.13. The number of ether oxygens (including phenoxy) is 2. The first-order valence-electron chi connectivity index (χ1n) is 9.22. The third kappa shape index (κ3) is 3.75. The van der Waals surface area contributed by atoms with E-state index in [-0.39, 0.29) is 11.8 Å². The first-order valence-corrected chi connectivity index (χ1v) is 10.0. The summed E-state index contributed by atoms with van der Waals surface area (Å²) in [5, 5.41) is 4.50. The number of nitrogen functional groups attached to an aromatic ring is 1. The van der Waals surface area contributed by atoms with Crippen LogP contribution in [-0.4, -0.2) is 45.4 Å². The van der Waals surface area contributed by atoms with Gasteiger partial charge >= 0.3 is 0 Å². The highest BCUT2D eigenvalue weighted by molar-refractivity contribution is 7.99. The number of rotatable bonds is 7. The van der Waals surface area contributed by atoms with Crippen molar-refractivity contribution in [2.24, 2.45) is 11.0 Å². The van der Waals surface area contributed by atoms with E-state index < -0.39 is 0 Å². The van der Waals surface area contributed by atoms with E-state index in [1.54, 1.807) is 20.5 Å². The lowest BCUT2D eigenvalue weighted by atomic mass is 10.0. The molecular formula is C19H21N7O3S. The number of imidazole rings is 1. The summed E-state index contributed by atoms with van der Waals surface area (Å²) < 4.78 is 12.6. The van der Waals surface area contributed by atoms with Crippen LogP contribution in [0.4, 0.5) is 5.82 Å². The van der Waals surface area contributed by atoms with Gasteiger partial charge in [0.05, 0.1) is 31.4 Å². The molecule has 4 rings (SSSR count). The van der Waals surface area contributed by atoms with Crippen molar-refractivity contribution in [1.29, 1.82) is 0 Å². The third-order valence-corrected chi connectivity index (χ3v) is 5.77. The van der Waals surface area contributed by atoms with E-state index in [2.05, 4.69) is 25.5 Å². The van der Waals surface area contributed by atoms with Gasteiger partial charge in [0, 0.05) is 12.3 Å². The van der Waals surface area contributed by atoms with Crippen molar-refractivity contribution in [2.45, 2.75) is 29.9 Å². The van der Waals surface area contributed by atoms with Gasteiger partial charge in [0.2, 0.25) is 5.91 Å². The molecule has 1 unspecified atom stereocenters. The summed E-state index contributed by atoms with van der Waals surface area (Å²) in [4.78, 5) is 26.2. The SMILES string of the molecule is COc1ccc(OC)c(Sc2nc3c(N)ncn(CCC4C(=O)NN=C4C)c-3n2)c1. The summed E-state index contributed by atoms with van der Waals surface area (Å²) in [6, 6.07) is 5.52. The van der Waals surface area contributed by atoms with Crippen molar-refractivity contribution in [3.63, 3.8) is 0 Å². The summed E-state index contributed by atoms with van der Waals surface area (Å²) in [7, 11) is 3.21. The zero-order valence-electron chi connectivity index (χ0n) is 16.7. The van der Waals surface area contributed by atoms with Gasteiger partial charge in [-0.1, -0.05) is 0 Å². The Kier molecular flexibility index (Phi) is 5.44. The zero-order valence-corrected chi connectivity index (χ0v) is 17.6. The molecule has 3 aliphatic heterocycles. The molecule has 3 heterocycles. The minimum absolute atomic E-state index is 0.0947. The van der Waals surface area contributed by atoms with Gasteiger partial charge in [-0.05, 0) is 43.3 Å². The molecule has 0 bridgehead atoms. The second-order valence-electron chi connectivity index (χ2n) is 6.69. The molecule has 156 valence electrons. The Morgan fingerprint density at radius 2 is 2.10 bits per heavy atom. The highest BCUT2D eigenvalue weighted by atomic mass is 32.2. The van der Waals surface area contributed by atoms with Crippen LogP contribution in [0.3, 0.4) is 0 Å². The zero-order chi connectivity index (χ0) is 21.3. The summed E-state index contributed by atoms with van der Waals surface area (Å²) in [5.41, 5.74) is 9.83. The Morgan fingerprint density at radius 3 is 2.80 bits per heavy atom. The van der Waals surface area contributed by atoms with Crippen molar-refractivity contribution in [1.82, 2.24) is 24.9 Å².